The van der Waals surface area contributed by atoms with E-state index in [2.05, 4.69) is 14.9 Å². The van der Waals surface area contributed by atoms with Crippen LogP contribution in [0.25, 0.3) is 10.8 Å². The lowest BCUT2D eigenvalue weighted by atomic mass is 10.00. The number of fused-ring (bicyclic) bond motifs is 1. The first-order valence-corrected chi connectivity index (χ1v) is 12.8. The fraction of sp³-hybridized carbons (Fsp3) is 0.538. The summed E-state index contributed by atoms with van der Waals surface area (Å²) in [4.78, 5) is 23.4. The van der Waals surface area contributed by atoms with Crippen molar-refractivity contribution in [3.63, 3.8) is 0 Å². The Hall–Kier alpha value is -2.83. The van der Waals surface area contributed by atoms with Crippen LogP contribution in [0.5, 0.6) is 0 Å². The number of aliphatic hydroxyl groups is 1. The predicted octanol–water partition coefficient (Wildman–Crippen LogP) is 3.42. The van der Waals surface area contributed by atoms with E-state index < -0.39 is 42.3 Å². The van der Waals surface area contributed by atoms with E-state index in [-0.39, 0.29) is 17.7 Å². The quantitative estimate of drug-likeness (QED) is 0.387. The first-order valence-electron chi connectivity index (χ1n) is 12.8. The lowest BCUT2D eigenvalue weighted by Crippen LogP contribution is -2.50. The number of pyridine rings is 1. The molecule has 1 saturated carbocycles. The van der Waals surface area contributed by atoms with Gasteiger partial charge in [0.25, 0.3) is 5.56 Å². The maximum atomic E-state index is 14.7. The van der Waals surface area contributed by atoms with Crippen molar-refractivity contribution < 1.29 is 27.1 Å². The molecule has 5 rings (SSSR count). The second-order valence-electron chi connectivity index (χ2n) is 10.2. The largest absolute Gasteiger partial charge is 0.401 e. The number of dihydropyridines is 1. The molecule has 1 aliphatic carbocycles. The lowest BCUT2D eigenvalue weighted by Gasteiger charge is -2.40. The van der Waals surface area contributed by atoms with E-state index in [0.29, 0.717) is 43.3 Å². The van der Waals surface area contributed by atoms with Crippen LogP contribution in [0.2, 0.25) is 0 Å². The number of rotatable bonds is 6. The van der Waals surface area contributed by atoms with Gasteiger partial charge in [-0.3, -0.25) is 15.0 Å². The molecule has 0 amide bonds. The van der Waals surface area contributed by atoms with Gasteiger partial charge in [0, 0.05) is 43.8 Å². The van der Waals surface area contributed by atoms with Gasteiger partial charge in [-0.05, 0) is 43.2 Å². The van der Waals surface area contributed by atoms with Crippen molar-refractivity contribution in [3.8, 4) is 0 Å². The van der Waals surface area contributed by atoms with Gasteiger partial charge in [0.05, 0.1) is 23.7 Å². The molecular weight excluding hydrogens is 509 g/mol. The number of piperazine rings is 1. The smallest absolute Gasteiger partial charge is 0.376 e. The number of H-pyrrole nitrogens is 1. The third-order valence-electron chi connectivity index (χ3n) is 7.78. The highest BCUT2D eigenvalue weighted by Crippen LogP contribution is 2.37. The van der Waals surface area contributed by atoms with Crippen LogP contribution in [-0.4, -0.2) is 83.1 Å². The van der Waals surface area contributed by atoms with Crippen LogP contribution in [0.4, 0.5) is 22.0 Å². The van der Waals surface area contributed by atoms with E-state index in [9.17, 15) is 31.9 Å². The Balaban J connectivity index is 1.15. The van der Waals surface area contributed by atoms with Gasteiger partial charge in [-0.2, -0.15) is 17.6 Å². The fourth-order valence-electron chi connectivity index (χ4n) is 5.81. The molecule has 4 unspecified atom stereocenters. The third kappa shape index (κ3) is 5.76. The van der Waals surface area contributed by atoms with Crippen molar-refractivity contribution in [2.24, 2.45) is 4.99 Å². The van der Waals surface area contributed by atoms with E-state index in [1.165, 1.54) is 6.07 Å². The van der Waals surface area contributed by atoms with E-state index in [1.807, 2.05) is 16.3 Å². The number of aromatic nitrogens is 1. The summed E-state index contributed by atoms with van der Waals surface area (Å²) in [6, 6.07) is 5.78. The Labute approximate surface area is 216 Å². The molecule has 0 bridgehead atoms. The van der Waals surface area contributed by atoms with Crippen LogP contribution in [0.15, 0.2) is 45.8 Å². The molecule has 3 heterocycles. The minimum atomic E-state index is -4.48. The lowest BCUT2D eigenvalue weighted by molar-refractivity contribution is -0.131. The number of nitrogens with one attached hydrogen (secondary N) is 2. The van der Waals surface area contributed by atoms with Gasteiger partial charge in [0.15, 0.2) is 0 Å². The van der Waals surface area contributed by atoms with E-state index in [1.54, 1.807) is 18.2 Å². The Kier molecular flexibility index (Phi) is 7.56. The average molecular weight is 540 g/mol. The molecule has 4 atom stereocenters. The summed E-state index contributed by atoms with van der Waals surface area (Å²) < 4.78 is 65.9. The molecule has 1 aromatic carbocycles. The van der Waals surface area contributed by atoms with Crippen LogP contribution in [0, 0.1) is 5.82 Å². The number of hydrogen-bond donors (Lipinski definition) is 3. The maximum absolute atomic E-state index is 14.7. The highest BCUT2D eigenvalue weighted by Gasteiger charge is 2.35. The van der Waals surface area contributed by atoms with Gasteiger partial charge >= 0.3 is 6.18 Å². The van der Waals surface area contributed by atoms with Crippen molar-refractivity contribution in [2.45, 2.75) is 56.1 Å². The standard InChI is InChI=1S/C26H30F5N5O2/c27-18-3-1-2-16-13-20(34-25(38)22(16)18)15-4-5-17(12-15)35-8-10-36(11-9-35)21-7-6-19(33-23(21)28)24(37)32-14-26(29,30)31/h1-3,7,13,15,17,19,24,32,37H,4-6,8-12,14H2,(H,34,38). The predicted molar refractivity (Wildman–Crippen MR) is 133 cm³/mol. The number of aliphatic imine (C=N–C) groups is 1. The van der Waals surface area contributed by atoms with E-state index >= 15 is 0 Å². The van der Waals surface area contributed by atoms with Crippen LogP contribution in [0.1, 0.15) is 37.3 Å². The highest BCUT2D eigenvalue weighted by molar-refractivity contribution is 5.92. The Morgan fingerprint density at radius 1 is 1.16 bits per heavy atom. The number of nitrogens with zero attached hydrogens (tertiary/aromatic N) is 3. The number of alkyl halides is 3. The van der Waals surface area contributed by atoms with Crippen LogP contribution >= 0.6 is 0 Å². The summed E-state index contributed by atoms with van der Waals surface area (Å²) in [7, 11) is 0. The van der Waals surface area contributed by atoms with Gasteiger partial charge in [-0.1, -0.05) is 18.2 Å². The molecule has 3 N–H and O–H groups in total. The third-order valence-corrected chi connectivity index (χ3v) is 7.78. The number of aromatic amines is 1. The van der Waals surface area contributed by atoms with Gasteiger partial charge in [0.1, 0.15) is 12.0 Å². The maximum Gasteiger partial charge on any atom is 0.401 e. The van der Waals surface area contributed by atoms with Crippen LogP contribution in [0.3, 0.4) is 0 Å². The molecule has 7 nitrogen and oxygen atoms in total. The first-order chi connectivity index (χ1) is 18.1. The van der Waals surface area contributed by atoms with Crippen LogP contribution in [-0.2, 0) is 0 Å². The number of halogens is 5. The summed E-state index contributed by atoms with van der Waals surface area (Å²) in [5, 5.41) is 12.5. The van der Waals surface area contributed by atoms with E-state index in [4.69, 9.17) is 0 Å². The van der Waals surface area contributed by atoms with Crippen molar-refractivity contribution >= 4 is 16.7 Å². The van der Waals surface area contributed by atoms with Crippen LogP contribution < -0.4 is 10.9 Å². The van der Waals surface area contributed by atoms with Crippen molar-refractivity contribution in [1.82, 2.24) is 20.1 Å². The Morgan fingerprint density at radius 2 is 1.92 bits per heavy atom. The summed E-state index contributed by atoms with van der Waals surface area (Å²) in [5.41, 5.74) is 0.721. The molecule has 2 aliphatic heterocycles. The molecule has 0 radical (unpaired) electrons. The summed E-state index contributed by atoms with van der Waals surface area (Å²) in [6.45, 7) is 1.18. The molecular formula is C26H30F5N5O2. The molecule has 12 heteroatoms. The SMILES string of the molecule is O=c1[nH]c(C2CCC(N3CCN(C4=CCC(C(O)NCC(F)(F)F)N=C4F)CC3)C2)cc2cccc(F)c12. The summed E-state index contributed by atoms with van der Waals surface area (Å²) in [5.74, 6) is -1.14. The highest BCUT2D eigenvalue weighted by atomic mass is 19.4. The number of aliphatic hydroxyl groups excluding tert-OH is 1. The summed E-state index contributed by atoms with van der Waals surface area (Å²) in [6.07, 6.45) is -1.64. The number of allylic oxidation sites excluding steroid dienone is 1. The molecule has 1 saturated heterocycles. The van der Waals surface area contributed by atoms with Gasteiger partial charge < -0.3 is 15.0 Å². The normalized spacial score (nSPS) is 25.9. The Bertz CT molecular complexity index is 1290. The number of benzene rings is 1. The second-order valence-corrected chi connectivity index (χ2v) is 10.2. The molecule has 38 heavy (non-hydrogen) atoms. The average Bonchev–Trinajstić information content (AvgIpc) is 3.37. The van der Waals surface area contributed by atoms with Gasteiger partial charge in [-0.25, -0.2) is 9.38 Å². The zero-order chi connectivity index (χ0) is 27.0. The monoisotopic (exact) mass is 539 g/mol. The zero-order valence-corrected chi connectivity index (χ0v) is 20.6. The minimum absolute atomic E-state index is 0.0770. The zero-order valence-electron chi connectivity index (χ0n) is 20.6. The molecule has 2 aromatic rings. The Morgan fingerprint density at radius 3 is 2.63 bits per heavy atom. The first kappa shape index (κ1) is 26.8. The summed E-state index contributed by atoms with van der Waals surface area (Å²) >= 11 is 0. The molecule has 0 spiro atoms. The topological polar surface area (TPSA) is 84.0 Å². The molecule has 3 aliphatic rings. The molecule has 206 valence electrons. The molecule has 1 aromatic heterocycles. The van der Waals surface area contributed by atoms with E-state index in [0.717, 1.165) is 25.0 Å². The minimum Gasteiger partial charge on any atom is -0.376 e. The molecule has 2 fully saturated rings. The number of hydrogen-bond acceptors (Lipinski definition) is 6. The fourth-order valence-corrected chi connectivity index (χ4v) is 5.81. The van der Waals surface area contributed by atoms with Gasteiger partial charge in [-0.15, -0.1) is 0 Å². The van der Waals surface area contributed by atoms with Crippen molar-refractivity contribution in [1.29, 1.82) is 0 Å². The van der Waals surface area contributed by atoms with Crippen molar-refractivity contribution in [3.05, 3.63) is 57.9 Å². The van der Waals surface area contributed by atoms with Crippen molar-refractivity contribution in [2.75, 3.05) is 32.7 Å². The van der Waals surface area contributed by atoms with Gasteiger partial charge in [0.2, 0.25) is 5.97 Å². The second kappa shape index (κ2) is 10.7.